The number of hydrogen-bond acceptors (Lipinski definition) is 2. The zero-order chi connectivity index (χ0) is 17.1. The van der Waals surface area contributed by atoms with Crippen molar-refractivity contribution in [3.05, 3.63) is 70.7 Å². The van der Waals surface area contributed by atoms with Crippen molar-refractivity contribution >= 4 is 17.5 Å². The van der Waals surface area contributed by atoms with E-state index in [1.807, 2.05) is 54.6 Å². The number of amides is 1. The van der Waals surface area contributed by atoms with Crippen LogP contribution in [0.2, 0.25) is 5.02 Å². The maximum atomic E-state index is 12.5. The number of rotatable bonds is 5. The second kappa shape index (κ2) is 6.73. The Hall–Kier alpha value is -1.84. The summed E-state index contributed by atoms with van der Waals surface area (Å²) in [7, 11) is 0. The van der Waals surface area contributed by atoms with Crippen molar-refractivity contribution in [1.82, 2.24) is 5.32 Å². The molecule has 0 bridgehead atoms. The largest absolute Gasteiger partial charge is 0.353 e. The fourth-order valence-corrected chi connectivity index (χ4v) is 2.60. The third-order valence-corrected chi connectivity index (χ3v) is 4.38. The topological polar surface area (TPSA) is 55.1 Å². The number of nitrogens with one attached hydrogen (secondary N) is 1. The molecule has 0 saturated heterocycles. The molecule has 1 amide bonds. The summed E-state index contributed by atoms with van der Waals surface area (Å²) in [6, 6.07) is 17.1. The van der Waals surface area contributed by atoms with Crippen LogP contribution in [0.3, 0.4) is 0 Å². The average Bonchev–Trinajstić information content (AvgIpc) is 2.53. The van der Waals surface area contributed by atoms with E-state index in [2.05, 4.69) is 19.2 Å². The van der Waals surface area contributed by atoms with E-state index >= 15 is 0 Å². The van der Waals surface area contributed by atoms with Crippen LogP contribution in [-0.2, 0) is 15.7 Å². The van der Waals surface area contributed by atoms with Crippen molar-refractivity contribution in [3.8, 4) is 0 Å². The highest BCUT2D eigenvalue weighted by Crippen LogP contribution is 2.25. The molecule has 4 heteroatoms. The van der Waals surface area contributed by atoms with E-state index < -0.39 is 5.54 Å². The van der Waals surface area contributed by atoms with E-state index in [1.165, 1.54) is 0 Å². The standard InChI is InChI=1S/C19H23ClN2O/c1-18(2,15-10-7-11-16(20)12-15)13-22-17(23)19(3,21)14-8-5-4-6-9-14/h4-12H,13,21H2,1-3H3,(H,22,23). The summed E-state index contributed by atoms with van der Waals surface area (Å²) in [5, 5.41) is 3.66. The lowest BCUT2D eigenvalue weighted by Crippen LogP contribution is -2.51. The second-order valence-electron chi connectivity index (χ2n) is 6.65. The summed E-state index contributed by atoms with van der Waals surface area (Å²) < 4.78 is 0. The minimum absolute atomic E-state index is 0.196. The maximum Gasteiger partial charge on any atom is 0.244 e. The lowest BCUT2D eigenvalue weighted by atomic mass is 9.84. The molecular weight excluding hydrogens is 308 g/mol. The molecule has 0 aliphatic heterocycles. The van der Waals surface area contributed by atoms with Crippen LogP contribution in [0.1, 0.15) is 31.9 Å². The Kier molecular flexibility index (Phi) is 5.12. The van der Waals surface area contributed by atoms with Crippen LogP contribution in [-0.4, -0.2) is 12.5 Å². The van der Waals surface area contributed by atoms with Gasteiger partial charge in [-0.05, 0) is 30.2 Å². The van der Waals surface area contributed by atoms with Gasteiger partial charge in [-0.2, -0.15) is 0 Å². The summed E-state index contributed by atoms with van der Waals surface area (Å²) in [5.74, 6) is -0.196. The molecule has 0 aliphatic carbocycles. The highest BCUT2D eigenvalue weighted by atomic mass is 35.5. The normalized spacial score (nSPS) is 14.1. The molecule has 0 aliphatic rings. The Morgan fingerprint density at radius 1 is 1.04 bits per heavy atom. The zero-order valence-corrected chi connectivity index (χ0v) is 14.5. The average molecular weight is 331 g/mol. The van der Waals surface area contributed by atoms with Crippen molar-refractivity contribution in [3.63, 3.8) is 0 Å². The summed E-state index contributed by atoms with van der Waals surface area (Å²) in [5.41, 5.74) is 6.80. The summed E-state index contributed by atoms with van der Waals surface area (Å²) in [4.78, 5) is 12.5. The molecule has 1 unspecified atom stereocenters. The molecule has 0 spiro atoms. The molecule has 0 radical (unpaired) electrons. The predicted molar refractivity (Wildman–Crippen MR) is 95.5 cm³/mol. The Morgan fingerprint density at radius 2 is 1.65 bits per heavy atom. The summed E-state index contributed by atoms with van der Waals surface area (Å²) >= 11 is 6.06. The number of carbonyl (C=O) groups is 1. The van der Waals surface area contributed by atoms with Gasteiger partial charge in [0.2, 0.25) is 5.91 Å². The fourth-order valence-electron chi connectivity index (χ4n) is 2.41. The minimum atomic E-state index is -1.06. The Bertz CT molecular complexity index is 681. The van der Waals surface area contributed by atoms with Crippen LogP contribution in [0.25, 0.3) is 0 Å². The quantitative estimate of drug-likeness (QED) is 0.880. The van der Waals surface area contributed by atoms with Crippen molar-refractivity contribution in [2.24, 2.45) is 5.73 Å². The van der Waals surface area contributed by atoms with Gasteiger partial charge in [0.1, 0.15) is 5.54 Å². The Labute approximate surface area is 142 Å². The summed E-state index contributed by atoms with van der Waals surface area (Å²) in [6.07, 6.45) is 0. The van der Waals surface area contributed by atoms with Gasteiger partial charge in [-0.15, -0.1) is 0 Å². The van der Waals surface area contributed by atoms with E-state index in [0.29, 0.717) is 11.6 Å². The maximum absolute atomic E-state index is 12.5. The first kappa shape index (κ1) is 17.5. The van der Waals surface area contributed by atoms with E-state index in [-0.39, 0.29) is 11.3 Å². The van der Waals surface area contributed by atoms with Gasteiger partial charge < -0.3 is 11.1 Å². The van der Waals surface area contributed by atoms with E-state index in [0.717, 1.165) is 11.1 Å². The first-order chi connectivity index (χ1) is 10.7. The molecular formula is C19H23ClN2O. The third kappa shape index (κ3) is 4.12. The van der Waals surface area contributed by atoms with Gasteiger partial charge in [0.25, 0.3) is 0 Å². The van der Waals surface area contributed by atoms with Crippen LogP contribution in [0.4, 0.5) is 0 Å². The van der Waals surface area contributed by atoms with Crippen molar-refractivity contribution in [1.29, 1.82) is 0 Å². The molecule has 23 heavy (non-hydrogen) atoms. The van der Waals surface area contributed by atoms with Gasteiger partial charge >= 0.3 is 0 Å². The number of halogens is 1. The molecule has 122 valence electrons. The predicted octanol–water partition coefficient (Wildman–Crippen LogP) is 3.61. The molecule has 2 rings (SSSR count). The van der Waals surface area contributed by atoms with Gasteiger partial charge in [0.05, 0.1) is 0 Å². The zero-order valence-electron chi connectivity index (χ0n) is 13.8. The van der Waals surface area contributed by atoms with E-state index in [9.17, 15) is 4.79 Å². The van der Waals surface area contributed by atoms with Crippen LogP contribution in [0.15, 0.2) is 54.6 Å². The molecule has 0 saturated carbocycles. The molecule has 3 nitrogen and oxygen atoms in total. The monoisotopic (exact) mass is 330 g/mol. The Morgan fingerprint density at radius 3 is 2.26 bits per heavy atom. The lowest BCUT2D eigenvalue weighted by Gasteiger charge is -2.29. The van der Waals surface area contributed by atoms with Crippen molar-refractivity contribution < 1.29 is 4.79 Å². The molecule has 0 fully saturated rings. The Balaban J connectivity index is 2.09. The van der Waals surface area contributed by atoms with E-state index in [1.54, 1.807) is 6.92 Å². The fraction of sp³-hybridized carbons (Fsp3) is 0.316. The molecule has 3 N–H and O–H groups in total. The van der Waals surface area contributed by atoms with Gasteiger partial charge in [0, 0.05) is 17.0 Å². The minimum Gasteiger partial charge on any atom is -0.353 e. The smallest absolute Gasteiger partial charge is 0.244 e. The van der Waals surface area contributed by atoms with Gasteiger partial charge in [-0.1, -0.05) is 67.9 Å². The molecule has 2 aromatic carbocycles. The first-order valence-corrected chi connectivity index (χ1v) is 8.00. The number of carbonyl (C=O) groups excluding carboxylic acids is 1. The SMILES string of the molecule is CC(C)(CNC(=O)C(C)(N)c1ccccc1)c1cccc(Cl)c1. The number of benzene rings is 2. The van der Waals surface area contributed by atoms with Crippen LogP contribution < -0.4 is 11.1 Å². The van der Waals surface area contributed by atoms with Crippen molar-refractivity contribution in [2.45, 2.75) is 31.7 Å². The van der Waals surface area contributed by atoms with E-state index in [4.69, 9.17) is 17.3 Å². The number of hydrogen-bond donors (Lipinski definition) is 2. The van der Waals surface area contributed by atoms with Crippen LogP contribution >= 0.6 is 11.6 Å². The molecule has 1 atom stereocenters. The molecule has 0 aromatic heterocycles. The van der Waals surface area contributed by atoms with Gasteiger partial charge in [-0.25, -0.2) is 0 Å². The van der Waals surface area contributed by atoms with Gasteiger partial charge in [0.15, 0.2) is 0 Å². The first-order valence-electron chi connectivity index (χ1n) is 7.62. The number of nitrogens with two attached hydrogens (primary N) is 1. The third-order valence-electron chi connectivity index (χ3n) is 4.14. The van der Waals surface area contributed by atoms with Gasteiger partial charge in [-0.3, -0.25) is 4.79 Å². The van der Waals surface area contributed by atoms with Crippen molar-refractivity contribution in [2.75, 3.05) is 6.54 Å². The molecule has 0 heterocycles. The second-order valence-corrected chi connectivity index (χ2v) is 7.08. The highest BCUT2D eigenvalue weighted by Gasteiger charge is 2.32. The highest BCUT2D eigenvalue weighted by molar-refractivity contribution is 6.30. The summed E-state index contributed by atoms with van der Waals surface area (Å²) in [6.45, 7) is 6.33. The van der Waals surface area contributed by atoms with Crippen LogP contribution in [0, 0.1) is 0 Å². The molecule has 2 aromatic rings. The lowest BCUT2D eigenvalue weighted by molar-refractivity contribution is -0.126. The van der Waals surface area contributed by atoms with Crippen LogP contribution in [0.5, 0.6) is 0 Å².